The highest BCUT2D eigenvalue weighted by Gasteiger charge is 2.33. The second-order valence-corrected chi connectivity index (χ2v) is 8.61. The van der Waals surface area contributed by atoms with Crippen molar-refractivity contribution in [2.45, 2.75) is 45.8 Å². The molecule has 168 valence electrons. The quantitative estimate of drug-likeness (QED) is 0.666. The Morgan fingerprint density at radius 2 is 1.71 bits per heavy atom. The molecule has 0 aliphatic carbocycles. The maximum absolute atomic E-state index is 12.8. The van der Waals surface area contributed by atoms with Gasteiger partial charge in [-0.05, 0) is 70.1 Å². The average molecular weight is 424 g/mol. The van der Waals surface area contributed by atoms with E-state index in [1.54, 1.807) is 7.11 Å². The number of carbonyl (C=O) groups is 1. The van der Waals surface area contributed by atoms with Gasteiger partial charge in [0.1, 0.15) is 5.75 Å². The Bertz CT molecular complexity index is 863. The standard InChI is InChI=1S/C26H37N3O2/c1-7-28(8-2)26(30)22-14-12-21(13-15-22)25(23-10-9-11-24(16-23)31-6)29-18-19(3)27(5)17-20(29)4/h9-16,19-20,25H,7-8,17-18H2,1-6H3/t19-,20+,25-/m0/s1. The average Bonchev–Trinajstić information content (AvgIpc) is 2.78. The topological polar surface area (TPSA) is 36.0 Å². The SMILES string of the molecule is CCN(CC)C(=O)c1ccc([C@@H](c2cccc(OC)c2)N2C[C@H](C)N(C)C[C@H]2C)cc1. The molecule has 0 unspecified atom stereocenters. The van der Waals surface area contributed by atoms with Crippen LogP contribution in [0.1, 0.15) is 55.2 Å². The fraction of sp³-hybridized carbons (Fsp3) is 0.500. The minimum absolute atomic E-state index is 0.0936. The Kier molecular flexibility index (Phi) is 7.74. The number of methoxy groups -OCH3 is 1. The normalized spacial score (nSPS) is 21.0. The van der Waals surface area contributed by atoms with Crippen molar-refractivity contribution in [2.24, 2.45) is 0 Å². The molecular formula is C26H37N3O2. The van der Waals surface area contributed by atoms with E-state index < -0.39 is 0 Å². The molecule has 1 saturated heterocycles. The highest BCUT2D eigenvalue weighted by Crippen LogP contribution is 2.34. The molecule has 1 aliphatic rings. The molecule has 0 bridgehead atoms. The molecule has 0 aromatic heterocycles. The molecular weight excluding hydrogens is 386 g/mol. The summed E-state index contributed by atoms with van der Waals surface area (Å²) in [4.78, 5) is 19.6. The lowest BCUT2D eigenvalue weighted by Crippen LogP contribution is -2.55. The van der Waals surface area contributed by atoms with Crippen LogP contribution in [0.3, 0.4) is 0 Å². The summed E-state index contributed by atoms with van der Waals surface area (Å²) < 4.78 is 5.52. The molecule has 0 N–H and O–H groups in total. The van der Waals surface area contributed by atoms with Gasteiger partial charge in [0.2, 0.25) is 0 Å². The number of rotatable bonds is 7. The number of benzene rings is 2. The smallest absolute Gasteiger partial charge is 0.253 e. The van der Waals surface area contributed by atoms with Crippen molar-refractivity contribution in [3.63, 3.8) is 0 Å². The van der Waals surface area contributed by atoms with Crippen LogP contribution in [0, 0.1) is 0 Å². The molecule has 1 aliphatic heterocycles. The van der Waals surface area contributed by atoms with Gasteiger partial charge in [0.05, 0.1) is 13.2 Å². The highest BCUT2D eigenvalue weighted by molar-refractivity contribution is 5.94. The summed E-state index contributed by atoms with van der Waals surface area (Å²) in [5, 5.41) is 0. The van der Waals surface area contributed by atoms with E-state index in [2.05, 4.69) is 61.0 Å². The third kappa shape index (κ3) is 5.10. The molecule has 3 rings (SSSR count). The second-order valence-electron chi connectivity index (χ2n) is 8.61. The summed E-state index contributed by atoms with van der Waals surface area (Å²) in [6.45, 7) is 12.1. The predicted molar refractivity (Wildman–Crippen MR) is 127 cm³/mol. The lowest BCUT2D eigenvalue weighted by atomic mass is 9.93. The van der Waals surface area contributed by atoms with Crippen molar-refractivity contribution in [1.29, 1.82) is 0 Å². The maximum Gasteiger partial charge on any atom is 0.253 e. The van der Waals surface area contributed by atoms with E-state index in [0.717, 1.165) is 37.5 Å². The molecule has 5 heteroatoms. The van der Waals surface area contributed by atoms with Crippen molar-refractivity contribution in [3.8, 4) is 5.75 Å². The molecule has 1 heterocycles. The van der Waals surface area contributed by atoms with Crippen LogP contribution in [0.2, 0.25) is 0 Å². The lowest BCUT2D eigenvalue weighted by Gasteiger charge is -2.46. The Labute approximate surface area is 187 Å². The number of nitrogens with zero attached hydrogens (tertiary/aromatic N) is 3. The van der Waals surface area contributed by atoms with Gasteiger partial charge in [-0.25, -0.2) is 0 Å². The second kappa shape index (κ2) is 10.3. The molecule has 2 aromatic rings. The van der Waals surface area contributed by atoms with Crippen LogP contribution in [0.25, 0.3) is 0 Å². The van der Waals surface area contributed by atoms with E-state index in [1.807, 2.05) is 36.9 Å². The van der Waals surface area contributed by atoms with Gasteiger partial charge >= 0.3 is 0 Å². The predicted octanol–water partition coefficient (Wildman–Crippen LogP) is 4.29. The Balaban J connectivity index is 1.99. The number of likely N-dealkylation sites (N-methyl/N-ethyl adjacent to an activating group) is 1. The molecule has 1 fully saturated rings. The first-order valence-electron chi connectivity index (χ1n) is 11.4. The van der Waals surface area contributed by atoms with Crippen LogP contribution in [-0.2, 0) is 0 Å². The zero-order valence-electron chi connectivity index (χ0n) is 19.8. The van der Waals surface area contributed by atoms with E-state index in [9.17, 15) is 4.79 Å². The first-order chi connectivity index (χ1) is 14.9. The number of piperazine rings is 1. The van der Waals surface area contributed by atoms with Gasteiger partial charge in [0, 0.05) is 43.8 Å². The van der Waals surface area contributed by atoms with Crippen molar-refractivity contribution >= 4 is 5.91 Å². The van der Waals surface area contributed by atoms with Crippen molar-refractivity contribution in [2.75, 3.05) is 40.3 Å². The Morgan fingerprint density at radius 1 is 1.03 bits per heavy atom. The molecule has 2 aromatic carbocycles. The van der Waals surface area contributed by atoms with Gasteiger partial charge in [0.15, 0.2) is 0 Å². The van der Waals surface area contributed by atoms with Gasteiger partial charge < -0.3 is 14.5 Å². The van der Waals surface area contributed by atoms with Crippen molar-refractivity contribution in [1.82, 2.24) is 14.7 Å². The molecule has 3 atom stereocenters. The monoisotopic (exact) mass is 423 g/mol. The maximum atomic E-state index is 12.8. The Morgan fingerprint density at radius 3 is 2.32 bits per heavy atom. The first kappa shape index (κ1) is 23.3. The van der Waals surface area contributed by atoms with E-state index in [-0.39, 0.29) is 11.9 Å². The number of hydrogen-bond donors (Lipinski definition) is 0. The molecule has 0 radical (unpaired) electrons. The summed E-state index contributed by atoms with van der Waals surface area (Å²) in [7, 11) is 3.91. The van der Waals surface area contributed by atoms with Crippen molar-refractivity contribution in [3.05, 3.63) is 65.2 Å². The van der Waals surface area contributed by atoms with Gasteiger partial charge in [-0.15, -0.1) is 0 Å². The number of ether oxygens (including phenoxy) is 1. The van der Waals surface area contributed by atoms with E-state index in [0.29, 0.717) is 12.1 Å². The van der Waals surface area contributed by atoms with Crippen LogP contribution in [0.5, 0.6) is 5.75 Å². The van der Waals surface area contributed by atoms with E-state index in [4.69, 9.17) is 4.74 Å². The fourth-order valence-electron chi connectivity index (χ4n) is 4.57. The van der Waals surface area contributed by atoms with Gasteiger partial charge in [0.25, 0.3) is 5.91 Å². The summed E-state index contributed by atoms with van der Waals surface area (Å²) in [6.07, 6.45) is 0. The van der Waals surface area contributed by atoms with Crippen LogP contribution < -0.4 is 4.74 Å². The van der Waals surface area contributed by atoms with Crippen LogP contribution >= 0.6 is 0 Å². The summed E-state index contributed by atoms with van der Waals surface area (Å²) >= 11 is 0. The number of carbonyl (C=O) groups excluding carboxylic acids is 1. The third-order valence-electron chi connectivity index (χ3n) is 6.61. The molecule has 31 heavy (non-hydrogen) atoms. The van der Waals surface area contributed by atoms with Crippen LogP contribution in [0.15, 0.2) is 48.5 Å². The zero-order chi connectivity index (χ0) is 22.5. The Hall–Kier alpha value is -2.37. The lowest BCUT2D eigenvalue weighted by molar-refractivity contribution is 0.0389. The largest absolute Gasteiger partial charge is 0.497 e. The van der Waals surface area contributed by atoms with Crippen LogP contribution in [-0.4, -0.2) is 73.0 Å². The van der Waals surface area contributed by atoms with E-state index in [1.165, 1.54) is 11.1 Å². The third-order valence-corrected chi connectivity index (χ3v) is 6.61. The summed E-state index contributed by atoms with van der Waals surface area (Å²) in [5.41, 5.74) is 3.16. The highest BCUT2D eigenvalue weighted by atomic mass is 16.5. The van der Waals surface area contributed by atoms with Crippen LogP contribution in [0.4, 0.5) is 0 Å². The fourth-order valence-corrected chi connectivity index (χ4v) is 4.57. The minimum atomic E-state index is 0.0936. The first-order valence-corrected chi connectivity index (χ1v) is 11.4. The summed E-state index contributed by atoms with van der Waals surface area (Å²) in [5.74, 6) is 0.960. The molecule has 5 nitrogen and oxygen atoms in total. The zero-order valence-corrected chi connectivity index (χ0v) is 19.8. The number of hydrogen-bond acceptors (Lipinski definition) is 4. The molecule has 0 spiro atoms. The summed E-state index contributed by atoms with van der Waals surface area (Å²) in [6, 6.07) is 17.6. The number of amides is 1. The van der Waals surface area contributed by atoms with Gasteiger partial charge in [-0.3, -0.25) is 9.69 Å². The minimum Gasteiger partial charge on any atom is -0.497 e. The molecule has 1 amide bonds. The molecule has 0 saturated carbocycles. The van der Waals surface area contributed by atoms with Gasteiger partial charge in [-0.1, -0.05) is 24.3 Å². The van der Waals surface area contributed by atoms with Gasteiger partial charge in [-0.2, -0.15) is 0 Å². The van der Waals surface area contributed by atoms with Crippen molar-refractivity contribution < 1.29 is 9.53 Å². The van der Waals surface area contributed by atoms with E-state index >= 15 is 0 Å².